The zero-order valence-electron chi connectivity index (χ0n) is 6.15. The van der Waals surface area contributed by atoms with Crippen molar-refractivity contribution >= 4 is 0 Å². The Balaban J connectivity index is 2.98. The van der Waals surface area contributed by atoms with Crippen LogP contribution in [0.15, 0.2) is 0 Å². The van der Waals surface area contributed by atoms with Crippen LogP contribution in [0.4, 0.5) is 0 Å². The number of rotatable bonds is 3. The highest BCUT2D eigenvalue weighted by Gasteiger charge is 1.91. The second-order valence-corrected chi connectivity index (χ2v) is 2.17. The van der Waals surface area contributed by atoms with Crippen molar-refractivity contribution in [2.45, 2.75) is 39.2 Å². The van der Waals surface area contributed by atoms with Crippen LogP contribution >= 0.6 is 0 Å². The van der Waals surface area contributed by atoms with Gasteiger partial charge in [0.25, 0.3) is 0 Å². The predicted molar refractivity (Wildman–Crippen MR) is 39.0 cm³/mol. The molecule has 0 aromatic heterocycles. The Bertz CT molecular complexity index is 105. The summed E-state index contributed by atoms with van der Waals surface area (Å²) in [5, 5.41) is 8.80. The Hall–Kier alpha value is -0.480. The standard InChI is InChI=1S/C8H14O/c1-3-4-5-6-7-8(2)9/h8-9H,5-7H2,1-2H3. The van der Waals surface area contributed by atoms with E-state index in [0.29, 0.717) is 0 Å². The van der Waals surface area contributed by atoms with Crippen LogP contribution in [0.2, 0.25) is 0 Å². The van der Waals surface area contributed by atoms with Crippen LogP contribution in [-0.4, -0.2) is 11.2 Å². The monoisotopic (exact) mass is 126 g/mol. The van der Waals surface area contributed by atoms with Gasteiger partial charge in [-0.3, -0.25) is 0 Å². The predicted octanol–water partition coefficient (Wildman–Crippen LogP) is 1.56. The number of aliphatic hydroxyl groups excluding tert-OH is 1. The summed E-state index contributed by atoms with van der Waals surface area (Å²) in [5.74, 6) is 5.75. The molecule has 0 aliphatic rings. The van der Waals surface area contributed by atoms with Gasteiger partial charge in [0.15, 0.2) is 0 Å². The van der Waals surface area contributed by atoms with E-state index < -0.39 is 0 Å². The summed E-state index contributed by atoms with van der Waals surface area (Å²) in [6.45, 7) is 3.64. The fourth-order valence-corrected chi connectivity index (χ4v) is 0.611. The third kappa shape index (κ3) is 7.52. The molecule has 0 heterocycles. The fourth-order valence-electron chi connectivity index (χ4n) is 0.611. The van der Waals surface area contributed by atoms with Gasteiger partial charge in [-0.25, -0.2) is 0 Å². The first-order chi connectivity index (χ1) is 4.27. The molecule has 0 amide bonds. The quantitative estimate of drug-likeness (QED) is 0.449. The Kier molecular flexibility index (Phi) is 5.35. The minimum Gasteiger partial charge on any atom is -0.393 e. The first-order valence-electron chi connectivity index (χ1n) is 3.35. The van der Waals surface area contributed by atoms with E-state index in [9.17, 15) is 0 Å². The van der Waals surface area contributed by atoms with Crippen molar-refractivity contribution in [2.24, 2.45) is 0 Å². The lowest BCUT2D eigenvalue weighted by Crippen LogP contribution is -1.97. The molecule has 0 aromatic rings. The number of hydrogen-bond acceptors (Lipinski definition) is 1. The molecule has 0 aromatic carbocycles. The van der Waals surface area contributed by atoms with Gasteiger partial charge in [-0.05, 0) is 26.7 Å². The van der Waals surface area contributed by atoms with Crippen LogP contribution in [0.5, 0.6) is 0 Å². The molecule has 52 valence electrons. The summed E-state index contributed by atoms with van der Waals surface area (Å²) in [6.07, 6.45) is 2.64. The summed E-state index contributed by atoms with van der Waals surface area (Å²) in [4.78, 5) is 0. The molecular formula is C8H14O. The van der Waals surface area contributed by atoms with E-state index in [-0.39, 0.29) is 6.10 Å². The average Bonchev–Trinajstić information content (AvgIpc) is 1.80. The average molecular weight is 126 g/mol. The van der Waals surface area contributed by atoms with Gasteiger partial charge < -0.3 is 5.11 Å². The van der Waals surface area contributed by atoms with Crippen molar-refractivity contribution in [3.8, 4) is 11.8 Å². The fraction of sp³-hybridized carbons (Fsp3) is 0.750. The third-order valence-corrected chi connectivity index (χ3v) is 1.10. The van der Waals surface area contributed by atoms with Crippen LogP contribution < -0.4 is 0 Å². The Morgan fingerprint density at radius 2 is 2.22 bits per heavy atom. The Morgan fingerprint density at radius 1 is 1.56 bits per heavy atom. The molecule has 9 heavy (non-hydrogen) atoms. The van der Waals surface area contributed by atoms with Crippen molar-refractivity contribution in [1.82, 2.24) is 0 Å². The summed E-state index contributed by atoms with van der Waals surface area (Å²) in [7, 11) is 0. The van der Waals surface area contributed by atoms with Crippen LogP contribution in [0.3, 0.4) is 0 Å². The summed E-state index contributed by atoms with van der Waals surface area (Å²) < 4.78 is 0. The highest BCUT2D eigenvalue weighted by molar-refractivity contribution is 4.94. The molecule has 0 saturated carbocycles. The van der Waals surface area contributed by atoms with Crippen LogP contribution in [0.25, 0.3) is 0 Å². The molecule has 0 radical (unpaired) electrons. The second kappa shape index (κ2) is 5.65. The Morgan fingerprint density at radius 3 is 2.67 bits per heavy atom. The zero-order chi connectivity index (χ0) is 7.11. The SMILES string of the molecule is CC#CCCCC(C)O. The lowest BCUT2D eigenvalue weighted by Gasteiger charge is -1.98. The summed E-state index contributed by atoms with van der Waals surface area (Å²) in [5.41, 5.74) is 0. The lowest BCUT2D eigenvalue weighted by molar-refractivity contribution is 0.182. The first kappa shape index (κ1) is 8.52. The summed E-state index contributed by atoms with van der Waals surface area (Å²) in [6, 6.07) is 0. The van der Waals surface area contributed by atoms with E-state index in [1.807, 2.05) is 6.92 Å². The van der Waals surface area contributed by atoms with Gasteiger partial charge in [0.05, 0.1) is 6.10 Å². The van der Waals surface area contributed by atoms with Crippen LogP contribution in [0, 0.1) is 11.8 Å². The number of hydrogen-bond donors (Lipinski definition) is 1. The summed E-state index contributed by atoms with van der Waals surface area (Å²) >= 11 is 0. The number of aliphatic hydroxyl groups is 1. The van der Waals surface area contributed by atoms with Crippen molar-refractivity contribution in [3.05, 3.63) is 0 Å². The van der Waals surface area contributed by atoms with E-state index in [4.69, 9.17) is 5.11 Å². The maximum atomic E-state index is 8.80. The molecule has 1 N–H and O–H groups in total. The largest absolute Gasteiger partial charge is 0.393 e. The van der Waals surface area contributed by atoms with Crippen molar-refractivity contribution in [2.75, 3.05) is 0 Å². The van der Waals surface area contributed by atoms with Gasteiger partial charge in [0, 0.05) is 6.42 Å². The molecule has 0 aliphatic carbocycles. The van der Waals surface area contributed by atoms with Crippen LogP contribution in [0.1, 0.15) is 33.1 Å². The second-order valence-electron chi connectivity index (χ2n) is 2.17. The van der Waals surface area contributed by atoms with Gasteiger partial charge in [0.1, 0.15) is 0 Å². The molecule has 0 bridgehead atoms. The van der Waals surface area contributed by atoms with E-state index in [2.05, 4.69) is 11.8 Å². The maximum Gasteiger partial charge on any atom is 0.0512 e. The molecule has 1 atom stereocenters. The van der Waals surface area contributed by atoms with Gasteiger partial charge in [-0.15, -0.1) is 11.8 Å². The Labute approximate surface area is 57.1 Å². The minimum absolute atomic E-state index is 0.163. The van der Waals surface area contributed by atoms with E-state index in [1.165, 1.54) is 0 Å². The van der Waals surface area contributed by atoms with Crippen molar-refractivity contribution in [3.63, 3.8) is 0 Å². The van der Waals surface area contributed by atoms with Crippen molar-refractivity contribution < 1.29 is 5.11 Å². The topological polar surface area (TPSA) is 20.2 Å². The number of unbranched alkanes of at least 4 members (excludes halogenated alkanes) is 1. The van der Waals surface area contributed by atoms with Crippen LogP contribution in [-0.2, 0) is 0 Å². The normalized spacial score (nSPS) is 11.9. The molecule has 0 rings (SSSR count). The van der Waals surface area contributed by atoms with Gasteiger partial charge >= 0.3 is 0 Å². The highest BCUT2D eigenvalue weighted by Crippen LogP contribution is 1.97. The molecule has 1 heteroatoms. The van der Waals surface area contributed by atoms with E-state index >= 15 is 0 Å². The highest BCUT2D eigenvalue weighted by atomic mass is 16.3. The molecule has 0 fully saturated rings. The molecule has 1 unspecified atom stereocenters. The van der Waals surface area contributed by atoms with Gasteiger partial charge in [-0.1, -0.05) is 0 Å². The minimum atomic E-state index is -0.163. The third-order valence-electron chi connectivity index (χ3n) is 1.10. The molecular weight excluding hydrogens is 112 g/mol. The van der Waals surface area contributed by atoms with Gasteiger partial charge in [-0.2, -0.15) is 0 Å². The smallest absolute Gasteiger partial charge is 0.0512 e. The molecule has 1 nitrogen and oxygen atoms in total. The van der Waals surface area contributed by atoms with Crippen molar-refractivity contribution in [1.29, 1.82) is 0 Å². The molecule has 0 aliphatic heterocycles. The molecule has 0 saturated heterocycles. The van der Waals surface area contributed by atoms with E-state index in [0.717, 1.165) is 19.3 Å². The van der Waals surface area contributed by atoms with Gasteiger partial charge in [0.2, 0.25) is 0 Å². The first-order valence-corrected chi connectivity index (χ1v) is 3.35. The molecule has 0 spiro atoms. The van der Waals surface area contributed by atoms with E-state index in [1.54, 1.807) is 6.92 Å². The lowest BCUT2D eigenvalue weighted by atomic mass is 10.2. The maximum absolute atomic E-state index is 8.80. The zero-order valence-corrected chi connectivity index (χ0v) is 6.15.